The molecule has 0 aliphatic carbocycles. The monoisotopic (exact) mass is 227 g/mol. The van der Waals surface area contributed by atoms with E-state index < -0.39 is 5.97 Å². The third-order valence-electron chi connectivity index (χ3n) is 2.37. The van der Waals surface area contributed by atoms with Gasteiger partial charge < -0.3 is 10.1 Å². The van der Waals surface area contributed by atoms with Crippen LogP contribution >= 0.6 is 0 Å². The maximum absolute atomic E-state index is 10.5. The molecule has 2 aromatic rings. The van der Waals surface area contributed by atoms with Crippen molar-refractivity contribution in [1.82, 2.24) is 9.97 Å². The number of carbonyl (C=O) groups is 1. The van der Waals surface area contributed by atoms with Gasteiger partial charge in [0.15, 0.2) is 0 Å². The number of aromatic amines is 1. The van der Waals surface area contributed by atoms with E-state index in [1.54, 1.807) is 12.1 Å². The summed E-state index contributed by atoms with van der Waals surface area (Å²) < 4.78 is 0. The first-order chi connectivity index (χ1) is 8.22. The van der Waals surface area contributed by atoms with Crippen molar-refractivity contribution in [2.45, 2.75) is 6.42 Å². The van der Waals surface area contributed by atoms with E-state index >= 15 is 0 Å². The number of nitrogens with one attached hydrogen (secondary N) is 1. The Morgan fingerprint density at radius 1 is 1.59 bits per heavy atom. The average molecular weight is 227 g/mol. The lowest BCUT2D eigenvalue weighted by Gasteiger charge is -2.00. The van der Waals surface area contributed by atoms with Gasteiger partial charge in [0, 0.05) is 11.6 Å². The number of H-pyrrole nitrogens is 1. The largest absolute Gasteiger partial charge is 0.478 e. The Kier molecular flexibility index (Phi) is 2.88. The molecule has 0 amide bonds. The molecule has 0 fully saturated rings. The highest BCUT2D eigenvalue weighted by molar-refractivity contribution is 5.92. The van der Waals surface area contributed by atoms with Crippen molar-refractivity contribution in [2.75, 3.05) is 0 Å². The summed E-state index contributed by atoms with van der Waals surface area (Å²) in [5, 5.41) is 17.3. The first-order valence-corrected chi connectivity index (χ1v) is 4.95. The van der Waals surface area contributed by atoms with Gasteiger partial charge >= 0.3 is 5.97 Å². The first-order valence-electron chi connectivity index (χ1n) is 4.95. The zero-order valence-electron chi connectivity index (χ0n) is 8.84. The van der Waals surface area contributed by atoms with Gasteiger partial charge in [0.2, 0.25) is 0 Å². The Bertz CT molecular complexity index is 635. The SMILES string of the molecule is N#CCc1ccc(/C=C/C(=O)O)c2[nH]cnc12. The summed E-state index contributed by atoms with van der Waals surface area (Å²) >= 11 is 0. The molecular weight excluding hydrogens is 218 g/mol. The fourth-order valence-electron chi connectivity index (χ4n) is 1.64. The van der Waals surface area contributed by atoms with E-state index in [0.29, 0.717) is 5.52 Å². The highest BCUT2D eigenvalue weighted by Crippen LogP contribution is 2.20. The molecule has 1 aromatic carbocycles. The standard InChI is InChI=1S/C12H9N3O2/c13-6-5-9-2-1-8(3-4-10(16)17)11-12(9)15-7-14-11/h1-4,7H,5H2,(H,14,15)(H,16,17)/b4-3+. The second-order valence-electron chi connectivity index (χ2n) is 3.45. The Morgan fingerprint density at radius 3 is 3.12 bits per heavy atom. The number of hydrogen-bond donors (Lipinski definition) is 2. The van der Waals surface area contributed by atoms with Crippen LogP contribution in [0.3, 0.4) is 0 Å². The van der Waals surface area contributed by atoms with Crippen molar-refractivity contribution in [1.29, 1.82) is 5.26 Å². The van der Waals surface area contributed by atoms with E-state index in [1.807, 2.05) is 0 Å². The number of carboxylic acids is 1. The van der Waals surface area contributed by atoms with Gasteiger partial charge in [-0.3, -0.25) is 0 Å². The van der Waals surface area contributed by atoms with Crippen LogP contribution in [0.15, 0.2) is 24.5 Å². The lowest BCUT2D eigenvalue weighted by molar-refractivity contribution is -0.131. The Balaban J connectivity index is 2.54. The number of benzene rings is 1. The van der Waals surface area contributed by atoms with Gasteiger partial charge in [0.25, 0.3) is 0 Å². The van der Waals surface area contributed by atoms with E-state index in [-0.39, 0.29) is 6.42 Å². The molecule has 0 unspecified atom stereocenters. The maximum atomic E-state index is 10.5. The highest BCUT2D eigenvalue weighted by atomic mass is 16.4. The molecule has 0 radical (unpaired) electrons. The van der Waals surface area contributed by atoms with Crippen LogP contribution in [0.2, 0.25) is 0 Å². The lowest BCUT2D eigenvalue weighted by atomic mass is 10.1. The number of fused-ring (bicyclic) bond motifs is 1. The van der Waals surface area contributed by atoms with E-state index in [4.69, 9.17) is 10.4 Å². The summed E-state index contributed by atoms with van der Waals surface area (Å²) in [6.45, 7) is 0. The number of rotatable bonds is 3. The molecule has 1 heterocycles. The van der Waals surface area contributed by atoms with E-state index in [0.717, 1.165) is 22.7 Å². The molecular formula is C12H9N3O2. The molecule has 0 saturated carbocycles. The number of hydrogen-bond acceptors (Lipinski definition) is 3. The number of aromatic nitrogens is 2. The fourth-order valence-corrected chi connectivity index (χ4v) is 1.64. The van der Waals surface area contributed by atoms with Crippen LogP contribution in [-0.2, 0) is 11.2 Å². The smallest absolute Gasteiger partial charge is 0.328 e. The van der Waals surface area contributed by atoms with Gasteiger partial charge in [0.1, 0.15) is 0 Å². The van der Waals surface area contributed by atoms with Crippen LogP contribution < -0.4 is 0 Å². The number of nitrogens with zero attached hydrogens (tertiary/aromatic N) is 2. The first kappa shape index (κ1) is 10.9. The Hall–Kier alpha value is -2.61. The van der Waals surface area contributed by atoms with Crippen molar-refractivity contribution in [3.05, 3.63) is 35.7 Å². The third-order valence-corrected chi connectivity index (χ3v) is 2.37. The normalized spacial score (nSPS) is 10.8. The number of nitriles is 1. The molecule has 0 bridgehead atoms. The van der Waals surface area contributed by atoms with Crippen LogP contribution in [0.5, 0.6) is 0 Å². The summed E-state index contributed by atoms with van der Waals surface area (Å²) in [6.07, 6.45) is 4.38. The minimum atomic E-state index is -1.00. The highest BCUT2D eigenvalue weighted by Gasteiger charge is 2.06. The van der Waals surface area contributed by atoms with Crippen LogP contribution in [-0.4, -0.2) is 21.0 Å². The molecule has 2 N–H and O–H groups in total. The zero-order chi connectivity index (χ0) is 12.3. The van der Waals surface area contributed by atoms with Crippen LogP contribution in [0.25, 0.3) is 17.1 Å². The predicted molar refractivity (Wildman–Crippen MR) is 62.1 cm³/mol. The summed E-state index contributed by atoms with van der Waals surface area (Å²) in [6, 6.07) is 5.63. The van der Waals surface area contributed by atoms with E-state index in [9.17, 15) is 4.79 Å². The average Bonchev–Trinajstić information content (AvgIpc) is 2.77. The molecule has 0 aliphatic rings. The predicted octanol–water partition coefficient (Wildman–Crippen LogP) is 1.73. The molecule has 5 nitrogen and oxygen atoms in total. The third kappa shape index (κ3) is 2.16. The van der Waals surface area contributed by atoms with Crippen LogP contribution in [0, 0.1) is 11.3 Å². The van der Waals surface area contributed by atoms with Crippen molar-refractivity contribution < 1.29 is 9.90 Å². The van der Waals surface area contributed by atoms with Crippen molar-refractivity contribution in [2.24, 2.45) is 0 Å². The summed E-state index contributed by atoms with van der Waals surface area (Å²) in [7, 11) is 0. The van der Waals surface area contributed by atoms with Gasteiger partial charge in [-0.2, -0.15) is 5.26 Å². The lowest BCUT2D eigenvalue weighted by Crippen LogP contribution is -1.89. The van der Waals surface area contributed by atoms with Gasteiger partial charge in [-0.25, -0.2) is 9.78 Å². The molecule has 5 heteroatoms. The molecule has 0 spiro atoms. The summed E-state index contributed by atoms with van der Waals surface area (Å²) in [4.78, 5) is 17.5. The van der Waals surface area contributed by atoms with E-state index in [1.165, 1.54) is 12.4 Å². The van der Waals surface area contributed by atoms with Gasteiger partial charge in [0.05, 0.1) is 29.9 Å². The second kappa shape index (κ2) is 4.49. The second-order valence-corrected chi connectivity index (χ2v) is 3.45. The van der Waals surface area contributed by atoms with Gasteiger partial charge in [-0.15, -0.1) is 0 Å². The molecule has 0 saturated heterocycles. The van der Waals surface area contributed by atoms with Gasteiger partial charge in [-0.1, -0.05) is 12.1 Å². The topological polar surface area (TPSA) is 89.8 Å². The molecule has 1 aromatic heterocycles. The Morgan fingerprint density at radius 2 is 2.41 bits per heavy atom. The summed E-state index contributed by atoms with van der Waals surface area (Å²) in [5.41, 5.74) is 3.02. The minimum Gasteiger partial charge on any atom is -0.478 e. The van der Waals surface area contributed by atoms with Gasteiger partial charge in [-0.05, 0) is 11.6 Å². The number of aliphatic carboxylic acids is 1. The zero-order valence-corrected chi connectivity index (χ0v) is 8.84. The maximum Gasteiger partial charge on any atom is 0.328 e. The minimum absolute atomic E-state index is 0.282. The van der Waals surface area contributed by atoms with E-state index in [2.05, 4.69) is 16.0 Å². The van der Waals surface area contributed by atoms with Crippen molar-refractivity contribution in [3.63, 3.8) is 0 Å². The molecule has 2 rings (SSSR count). The van der Waals surface area contributed by atoms with Crippen LogP contribution in [0.1, 0.15) is 11.1 Å². The molecule has 17 heavy (non-hydrogen) atoms. The fraction of sp³-hybridized carbons (Fsp3) is 0.0833. The quantitative estimate of drug-likeness (QED) is 0.781. The van der Waals surface area contributed by atoms with Crippen LogP contribution in [0.4, 0.5) is 0 Å². The molecule has 0 aliphatic heterocycles. The molecule has 0 atom stereocenters. The number of carboxylic acid groups (broad SMARTS) is 1. The Labute approximate surface area is 97.0 Å². The van der Waals surface area contributed by atoms with Crippen molar-refractivity contribution >= 4 is 23.1 Å². The van der Waals surface area contributed by atoms with Crippen molar-refractivity contribution in [3.8, 4) is 6.07 Å². The molecule has 84 valence electrons. The number of imidazole rings is 1. The summed E-state index contributed by atoms with van der Waals surface area (Å²) in [5.74, 6) is -1.00.